The number of hydrogen-bond donors (Lipinski definition) is 1. The van der Waals surface area contributed by atoms with E-state index in [9.17, 15) is 4.79 Å². The Morgan fingerprint density at radius 1 is 0.903 bits per heavy atom. The predicted molar refractivity (Wildman–Crippen MR) is 124 cm³/mol. The molecule has 31 heavy (non-hydrogen) atoms. The van der Waals surface area contributed by atoms with Crippen molar-refractivity contribution in [1.29, 1.82) is 0 Å². The molecule has 3 aromatic rings. The van der Waals surface area contributed by atoms with Crippen LogP contribution in [0.5, 0.6) is 11.5 Å². The molecule has 0 bridgehead atoms. The lowest BCUT2D eigenvalue weighted by molar-refractivity contribution is -0.123. The van der Waals surface area contributed by atoms with E-state index < -0.39 is 0 Å². The Labute approximate surface area is 183 Å². The van der Waals surface area contributed by atoms with Gasteiger partial charge >= 0.3 is 0 Å². The molecule has 5 heteroatoms. The highest BCUT2D eigenvalue weighted by Gasteiger charge is 2.03. The Balaban J connectivity index is 1.40. The summed E-state index contributed by atoms with van der Waals surface area (Å²) in [5.41, 5.74) is 6.91. The number of carbonyl (C=O) groups is 1. The Morgan fingerprint density at radius 2 is 1.52 bits per heavy atom. The van der Waals surface area contributed by atoms with Crippen LogP contribution in [0.15, 0.2) is 77.9 Å². The number of carbonyl (C=O) groups excluding carboxylic acids is 1. The highest BCUT2D eigenvalue weighted by Crippen LogP contribution is 2.18. The van der Waals surface area contributed by atoms with E-state index in [1.165, 1.54) is 11.1 Å². The molecular formula is C26H28N2O3. The van der Waals surface area contributed by atoms with E-state index >= 15 is 0 Å². The summed E-state index contributed by atoms with van der Waals surface area (Å²) in [6.45, 7) is 6.75. The molecule has 160 valence electrons. The largest absolute Gasteiger partial charge is 0.489 e. The van der Waals surface area contributed by atoms with E-state index in [1.54, 1.807) is 6.21 Å². The summed E-state index contributed by atoms with van der Waals surface area (Å²) in [4.78, 5) is 11.9. The summed E-state index contributed by atoms with van der Waals surface area (Å²) in [5.74, 6) is 1.58. The highest BCUT2D eigenvalue weighted by molar-refractivity contribution is 5.83. The van der Waals surface area contributed by atoms with Gasteiger partial charge in [0.15, 0.2) is 6.61 Å². The van der Waals surface area contributed by atoms with Crippen LogP contribution in [-0.2, 0) is 11.4 Å². The van der Waals surface area contributed by atoms with Gasteiger partial charge in [0.1, 0.15) is 18.1 Å². The molecular weight excluding hydrogens is 388 g/mol. The zero-order valence-corrected chi connectivity index (χ0v) is 18.2. The first-order chi connectivity index (χ1) is 15.0. The van der Waals surface area contributed by atoms with Crippen LogP contribution in [0, 0.1) is 6.92 Å². The second kappa shape index (κ2) is 11.0. The van der Waals surface area contributed by atoms with Gasteiger partial charge in [-0.25, -0.2) is 5.43 Å². The lowest BCUT2D eigenvalue weighted by atomic mass is 10.0. The average molecular weight is 417 g/mol. The number of ether oxygens (including phenoxy) is 2. The number of hydrogen-bond acceptors (Lipinski definition) is 4. The lowest BCUT2D eigenvalue weighted by Crippen LogP contribution is -2.24. The molecule has 0 spiro atoms. The molecule has 1 amide bonds. The van der Waals surface area contributed by atoms with E-state index in [4.69, 9.17) is 9.47 Å². The van der Waals surface area contributed by atoms with Gasteiger partial charge in [-0.05, 0) is 65.9 Å². The van der Waals surface area contributed by atoms with E-state index in [0.29, 0.717) is 18.3 Å². The standard InChI is InChI=1S/C26H28N2O3/c1-19(2)23-10-14-25(15-11-23)31-18-26(29)28-27-16-21-8-12-24(13-9-21)30-17-22-6-4-20(3)5-7-22/h4-16,19H,17-18H2,1-3H3,(H,28,29). The SMILES string of the molecule is Cc1ccc(COc2ccc(C=NNC(=O)COc3ccc(C(C)C)cc3)cc2)cc1. The van der Waals surface area contributed by atoms with Crippen LogP contribution < -0.4 is 14.9 Å². The summed E-state index contributed by atoms with van der Waals surface area (Å²) >= 11 is 0. The quantitative estimate of drug-likeness (QED) is 0.384. The van der Waals surface area contributed by atoms with Crippen molar-refractivity contribution in [2.24, 2.45) is 5.10 Å². The molecule has 0 aliphatic heterocycles. The maximum Gasteiger partial charge on any atom is 0.277 e. The molecule has 0 radical (unpaired) electrons. The van der Waals surface area contributed by atoms with E-state index in [1.807, 2.05) is 48.5 Å². The first-order valence-electron chi connectivity index (χ1n) is 10.3. The van der Waals surface area contributed by atoms with Crippen molar-refractivity contribution in [3.63, 3.8) is 0 Å². The minimum atomic E-state index is -0.317. The number of nitrogens with zero attached hydrogens (tertiary/aromatic N) is 1. The van der Waals surface area contributed by atoms with Gasteiger partial charge in [0.25, 0.3) is 5.91 Å². The van der Waals surface area contributed by atoms with Crippen LogP contribution in [0.3, 0.4) is 0 Å². The minimum absolute atomic E-state index is 0.0931. The first kappa shape index (κ1) is 22.1. The Morgan fingerprint density at radius 3 is 2.16 bits per heavy atom. The zero-order valence-electron chi connectivity index (χ0n) is 18.2. The Kier molecular flexibility index (Phi) is 7.82. The molecule has 1 N–H and O–H groups in total. The van der Waals surface area contributed by atoms with E-state index in [2.05, 4.69) is 55.6 Å². The topological polar surface area (TPSA) is 59.9 Å². The number of benzene rings is 3. The average Bonchev–Trinajstić information content (AvgIpc) is 2.78. The smallest absolute Gasteiger partial charge is 0.277 e. The van der Waals surface area contributed by atoms with E-state index in [-0.39, 0.29) is 12.5 Å². The van der Waals surface area contributed by atoms with Gasteiger partial charge in [0, 0.05) is 0 Å². The molecule has 3 rings (SSSR count). The van der Waals surface area contributed by atoms with Crippen molar-refractivity contribution in [2.45, 2.75) is 33.3 Å². The summed E-state index contributed by atoms with van der Waals surface area (Å²) in [5, 5.41) is 3.98. The Bertz CT molecular complexity index is 992. The summed E-state index contributed by atoms with van der Waals surface area (Å²) < 4.78 is 11.3. The molecule has 0 unspecified atom stereocenters. The van der Waals surface area contributed by atoms with Crippen LogP contribution in [0.25, 0.3) is 0 Å². The van der Waals surface area contributed by atoms with Crippen LogP contribution in [0.1, 0.15) is 42.0 Å². The van der Waals surface area contributed by atoms with Crippen molar-refractivity contribution in [1.82, 2.24) is 5.43 Å². The maximum absolute atomic E-state index is 11.9. The third-order valence-electron chi connectivity index (χ3n) is 4.73. The fourth-order valence-electron chi connectivity index (χ4n) is 2.81. The van der Waals surface area contributed by atoms with Crippen molar-refractivity contribution >= 4 is 12.1 Å². The van der Waals surface area contributed by atoms with Gasteiger partial charge < -0.3 is 9.47 Å². The van der Waals surface area contributed by atoms with Crippen molar-refractivity contribution in [2.75, 3.05) is 6.61 Å². The van der Waals surface area contributed by atoms with Crippen LogP contribution in [-0.4, -0.2) is 18.7 Å². The summed E-state index contributed by atoms with van der Waals surface area (Å²) in [6, 6.07) is 23.5. The van der Waals surface area contributed by atoms with Gasteiger partial charge in [-0.3, -0.25) is 4.79 Å². The van der Waals surface area contributed by atoms with Crippen molar-refractivity contribution in [3.8, 4) is 11.5 Å². The lowest BCUT2D eigenvalue weighted by Gasteiger charge is -2.08. The van der Waals surface area contributed by atoms with Gasteiger partial charge in [0.05, 0.1) is 6.21 Å². The number of hydrazone groups is 1. The maximum atomic E-state index is 11.9. The monoisotopic (exact) mass is 416 g/mol. The summed E-state index contributed by atoms with van der Waals surface area (Å²) in [6.07, 6.45) is 1.58. The predicted octanol–water partition coefficient (Wildman–Crippen LogP) is 5.23. The molecule has 3 aromatic carbocycles. The van der Waals surface area contributed by atoms with Crippen LogP contribution in [0.4, 0.5) is 0 Å². The molecule has 0 saturated heterocycles. The van der Waals surface area contributed by atoms with Crippen molar-refractivity contribution in [3.05, 3.63) is 95.1 Å². The molecule has 0 heterocycles. The normalized spacial score (nSPS) is 11.0. The molecule has 0 fully saturated rings. The minimum Gasteiger partial charge on any atom is -0.489 e. The molecule has 0 atom stereocenters. The fourth-order valence-corrected chi connectivity index (χ4v) is 2.81. The number of amides is 1. The summed E-state index contributed by atoms with van der Waals surface area (Å²) in [7, 11) is 0. The number of rotatable bonds is 9. The second-order valence-corrected chi connectivity index (χ2v) is 7.65. The van der Waals surface area contributed by atoms with Gasteiger partial charge in [-0.2, -0.15) is 5.10 Å². The molecule has 5 nitrogen and oxygen atoms in total. The fraction of sp³-hybridized carbons (Fsp3) is 0.231. The Hall–Kier alpha value is -3.60. The molecule has 0 aliphatic rings. The molecule has 0 aromatic heterocycles. The third kappa shape index (κ3) is 7.30. The second-order valence-electron chi connectivity index (χ2n) is 7.65. The van der Waals surface area contributed by atoms with Crippen LogP contribution in [0.2, 0.25) is 0 Å². The third-order valence-corrected chi connectivity index (χ3v) is 4.73. The number of aryl methyl sites for hydroxylation is 1. The number of nitrogens with one attached hydrogen (secondary N) is 1. The highest BCUT2D eigenvalue weighted by atomic mass is 16.5. The van der Waals surface area contributed by atoms with Gasteiger partial charge in [0.2, 0.25) is 0 Å². The van der Waals surface area contributed by atoms with Crippen LogP contribution >= 0.6 is 0 Å². The van der Waals surface area contributed by atoms with Gasteiger partial charge in [-0.15, -0.1) is 0 Å². The first-order valence-corrected chi connectivity index (χ1v) is 10.3. The zero-order chi connectivity index (χ0) is 22.1. The molecule has 0 aliphatic carbocycles. The van der Waals surface area contributed by atoms with Gasteiger partial charge in [-0.1, -0.05) is 55.8 Å². The molecule has 0 saturated carbocycles. The van der Waals surface area contributed by atoms with E-state index in [0.717, 1.165) is 16.9 Å². The van der Waals surface area contributed by atoms with Crippen molar-refractivity contribution < 1.29 is 14.3 Å².